The molecule has 3 rings (SSSR count). The molecule has 0 heterocycles. The van der Waals surface area contributed by atoms with Gasteiger partial charge in [-0.1, -0.05) is 57.2 Å². The van der Waals surface area contributed by atoms with Crippen LogP contribution in [0.5, 0.6) is 0 Å². The van der Waals surface area contributed by atoms with E-state index in [0.717, 1.165) is 17.5 Å². The van der Waals surface area contributed by atoms with E-state index in [9.17, 15) is 19.5 Å². The number of amides is 2. The summed E-state index contributed by atoms with van der Waals surface area (Å²) in [5.74, 6) is -1.87. The van der Waals surface area contributed by atoms with Crippen molar-refractivity contribution < 1.29 is 19.5 Å². The van der Waals surface area contributed by atoms with Crippen LogP contribution in [0.4, 0.5) is 5.69 Å². The molecule has 0 aromatic heterocycles. The molecule has 3 N–H and O–H groups in total. The maximum Gasteiger partial charge on any atom is 0.326 e. The smallest absolute Gasteiger partial charge is 0.326 e. The molecule has 170 valence electrons. The molecule has 0 saturated carbocycles. The molecule has 0 radical (unpaired) electrons. The van der Waals surface area contributed by atoms with Crippen molar-refractivity contribution in [2.75, 3.05) is 5.32 Å². The van der Waals surface area contributed by atoms with E-state index >= 15 is 0 Å². The fourth-order valence-electron chi connectivity index (χ4n) is 3.39. The SMILES string of the molecule is CCc1ccc(C(=O)Nc2ccc(-c3ccc(C(=O)N[C@@H](C(=O)O)C(C)C)cc3)cc2)cc1. The lowest BCUT2D eigenvalue weighted by Gasteiger charge is -2.18. The van der Waals surface area contributed by atoms with Crippen LogP contribution in [0.1, 0.15) is 47.1 Å². The van der Waals surface area contributed by atoms with Gasteiger partial charge in [0, 0.05) is 16.8 Å². The van der Waals surface area contributed by atoms with E-state index in [4.69, 9.17) is 0 Å². The summed E-state index contributed by atoms with van der Waals surface area (Å²) in [5.41, 5.74) is 4.70. The standard InChI is InChI=1S/C27H28N2O4/c1-4-18-5-7-21(8-6-18)25(30)28-23-15-13-20(14-16-23)19-9-11-22(12-10-19)26(31)29-24(17(2)3)27(32)33/h5-17,24H,4H2,1-3H3,(H,28,30)(H,29,31)(H,32,33)/t24-/m1/s1. The number of aryl methyl sites for hydroxylation is 1. The lowest BCUT2D eigenvalue weighted by Crippen LogP contribution is -2.44. The molecular weight excluding hydrogens is 416 g/mol. The third kappa shape index (κ3) is 6.07. The monoisotopic (exact) mass is 444 g/mol. The van der Waals surface area contributed by atoms with Crippen molar-refractivity contribution in [1.29, 1.82) is 0 Å². The van der Waals surface area contributed by atoms with E-state index < -0.39 is 17.9 Å². The largest absolute Gasteiger partial charge is 0.480 e. The van der Waals surface area contributed by atoms with Crippen molar-refractivity contribution in [3.8, 4) is 11.1 Å². The van der Waals surface area contributed by atoms with Gasteiger partial charge in [-0.05, 0) is 65.4 Å². The van der Waals surface area contributed by atoms with Crippen molar-refractivity contribution in [2.24, 2.45) is 5.92 Å². The molecule has 33 heavy (non-hydrogen) atoms. The zero-order valence-corrected chi connectivity index (χ0v) is 19.0. The number of rotatable bonds is 8. The van der Waals surface area contributed by atoms with Crippen LogP contribution < -0.4 is 10.6 Å². The number of carbonyl (C=O) groups is 3. The fourth-order valence-corrected chi connectivity index (χ4v) is 3.39. The Morgan fingerprint density at radius 2 is 1.24 bits per heavy atom. The molecule has 2 amide bonds. The van der Waals surface area contributed by atoms with Gasteiger partial charge in [0.25, 0.3) is 11.8 Å². The molecule has 0 spiro atoms. The second-order valence-electron chi connectivity index (χ2n) is 8.19. The number of carboxylic acids is 1. The van der Waals surface area contributed by atoms with Gasteiger partial charge < -0.3 is 15.7 Å². The van der Waals surface area contributed by atoms with Gasteiger partial charge in [-0.3, -0.25) is 9.59 Å². The van der Waals surface area contributed by atoms with Crippen LogP contribution >= 0.6 is 0 Å². The predicted octanol–water partition coefficient (Wildman–Crippen LogP) is 5.01. The summed E-state index contributed by atoms with van der Waals surface area (Å²) in [7, 11) is 0. The van der Waals surface area contributed by atoms with E-state index in [1.165, 1.54) is 5.56 Å². The van der Waals surface area contributed by atoms with Gasteiger partial charge >= 0.3 is 5.97 Å². The zero-order valence-electron chi connectivity index (χ0n) is 19.0. The lowest BCUT2D eigenvalue weighted by molar-refractivity contribution is -0.140. The molecule has 0 unspecified atom stereocenters. The first-order valence-electron chi connectivity index (χ1n) is 10.9. The summed E-state index contributed by atoms with van der Waals surface area (Å²) in [4.78, 5) is 36.1. The average molecular weight is 445 g/mol. The minimum atomic E-state index is -1.06. The van der Waals surface area contributed by atoms with Crippen LogP contribution in [0.2, 0.25) is 0 Å². The van der Waals surface area contributed by atoms with E-state index in [2.05, 4.69) is 17.6 Å². The lowest BCUT2D eigenvalue weighted by atomic mass is 10.0. The number of nitrogens with one attached hydrogen (secondary N) is 2. The molecule has 0 saturated heterocycles. The summed E-state index contributed by atoms with van der Waals surface area (Å²) in [6.45, 7) is 5.56. The summed E-state index contributed by atoms with van der Waals surface area (Å²) in [5, 5.41) is 14.7. The van der Waals surface area contributed by atoms with E-state index in [-0.39, 0.29) is 11.8 Å². The molecule has 0 aliphatic carbocycles. The highest BCUT2D eigenvalue weighted by Crippen LogP contribution is 2.22. The molecule has 0 fully saturated rings. The molecule has 0 aliphatic rings. The molecule has 0 aliphatic heterocycles. The van der Waals surface area contributed by atoms with Crippen LogP contribution in [0.15, 0.2) is 72.8 Å². The Labute approximate surface area is 193 Å². The zero-order chi connectivity index (χ0) is 24.0. The third-order valence-electron chi connectivity index (χ3n) is 5.47. The Balaban J connectivity index is 1.65. The minimum Gasteiger partial charge on any atom is -0.480 e. The number of aliphatic carboxylic acids is 1. The van der Waals surface area contributed by atoms with Gasteiger partial charge in [0.2, 0.25) is 0 Å². The summed E-state index contributed by atoms with van der Waals surface area (Å²) in [6, 6.07) is 21.0. The summed E-state index contributed by atoms with van der Waals surface area (Å²) in [6.07, 6.45) is 0.926. The number of anilines is 1. The van der Waals surface area contributed by atoms with Crippen LogP contribution in [-0.4, -0.2) is 28.9 Å². The van der Waals surface area contributed by atoms with Crippen LogP contribution in [0.3, 0.4) is 0 Å². The third-order valence-corrected chi connectivity index (χ3v) is 5.47. The number of carbonyl (C=O) groups excluding carboxylic acids is 2. The van der Waals surface area contributed by atoms with Gasteiger partial charge in [0.05, 0.1) is 0 Å². The molecular formula is C27H28N2O4. The summed E-state index contributed by atoms with van der Waals surface area (Å²) < 4.78 is 0. The molecule has 6 nitrogen and oxygen atoms in total. The number of benzene rings is 3. The highest BCUT2D eigenvalue weighted by molar-refractivity contribution is 6.04. The van der Waals surface area contributed by atoms with Gasteiger partial charge in [0.15, 0.2) is 0 Å². The van der Waals surface area contributed by atoms with Gasteiger partial charge in [-0.25, -0.2) is 4.79 Å². The molecule has 3 aromatic rings. The predicted molar refractivity (Wildman–Crippen MR) is 129 cm³/mol. The van der Waals surface area contributed by atoms with E-state index in [1.54, 1.807) is 26.0 Å². The van der Waals surface area contributed by atoms with Crippen molar-refractivity contribution in [3.63, 3.8) is 0 Å². The van der Waals surface area contributed by atoms with Crippen LogP contribution in [-0.2, 0) is 11.2 Å². The van der Waals surface area contributed by atoms with Crippen LogP contribution in [0.25, 0.3) is 11.1 Å². The topological polar surface area (TPSA) is 95.5 Å². The molecule has 6 heteroatoms. The maximum atomic E-state index is 12.4. The van der Waals surface area contributed by atoms with Crippen LogP contribution in [0, 0.1) is 5.92 Å². The Hall–Kier alpha value is -3.93. The highest BCUT2D eigenvalue weighted by atomic mass is 16.4. The second-order valence-corrected chi connectivity index (χ2v) is 8.19. The summed E-state index contributed by atoms with van der Waals surface area (Å²) >= 11 is 0. The number of carboxylic acid groups (broad SMARTS) is 1. The fraction of sp³-hybridized carbons (Fsp3) is 0.222. The van der Waals surface area contributed by atoms with E-state index in [1.807, 2.05) is 60.7 Å². The quantitative estimate of drug-likeness (QED) is 0.455. The maximum absolute atomic E-state index is 12.4. The number of hydrogen-bond donors (Lipinski definition) is 3. The Bertz CT molecular complexity index is 1120. The average Bonchev–Trinajstić information content (AvgIpc) is 2.82. The highest BCUT2D eigenvalue weighted by Gasteiger charge is 2.23. The second kappa shape index (κ2) is 10.6. The Morgan fingerprint density at radius 3 is 1.73 bits per heavy atom. The minimum absolute atomic E-state index is 0.165. The van der Waals surface area contributed by atoms with Gasteiger partial charge in [0.1, 0.15) is 6.04 Å². The number of hydrogen-bond acceptors (Lipinski definition) is 3. The van der Waals surface area contributed by atoms with Gasteiger partial charge in [-0.2, -0.15) is 0 Å². The first kappa shape index (κ1) is 23.7. The van der Waals surface area contributed by atoms with Crippen molar-refractivity contribution in [2.45, 2.75) is 33.2 Å². The Morgan fingerprint density at radius 1 is 0.758 bits per heavy atom. The molecule has 1 atom stereocenters. The Kier molecular flexibility index (Phi) is 7.61. The normalized spacial score (nSPS) is 11.6. The first-order chi connectivity index (χ1) is 15.8. The molecule has 3 aromatic carbocycles. The van der Waals surface area contributed by atoms with Gasteiger partial charge in [-0.15, -0.1) is 0 Å². The van der Waals surface area contributed by atoms with E-state index in [0.29, 0.717) is 16.8 Å². The first-order valence-corrected chi connectivity index (χ1v) is 10.9. The molecule has 0 bridgehead atoms. The van der Waals surface area contributed by atoms with Crippen molar-refractivity contribution >= 4 is 23.5 Å². The van der Waals surface area contributed by atoms with Crippen molar-refractivity contribution in [1.82, 2.24) is 5.32 Å². The van der Waals surface area contributed by atoms with Crippen molar-refractivity contribution in [3.05, 3.63) is 89.5 Å².